The summed E-state index contributed by atoms with van der Waals surface area (Å²) in [5.74, 6) is -0.217. The highest BCUT2D eigenvalue weighted by Gasteiger charge is 2.18. The number of carbonyl (C=O) groups excluding carboxylic acids is 1. The summed E-state index contributed by atoms with van der Waals surface area (Å²) >= 11 is 5.59. The zero-order chi connectivity index (χ0) is 7.44. The molecular formula is C6H11ClO2. The summed E-state index contributed by atoms with van der Waals surface area (Å²) in [5.41, 5.74) is 0. The lowest BCUT2D eigenvalue weighted by molar-refractivity contribution is -0.140. The molecule has 0 rings (SSSR count). The molecule has 0 fully saturated rings. The van der Waals surface area contributed by atoms with Crippen molar-refractivity contribution >= 4 is 17.6 Å². The molecule has 1 atom stereocenters. The Labute approximate surface area is 60.1 Å². The molecule has 54 valence electrons. The second-order valence-electron chi connectivity index (χ2n) is 2.17. The zero-order valence-corrected chi connectivity index (χ0v) is 6.61. The summed E-state index contributed by atoms with van der Waals surface area (Å²) in [6, 6.07) is 0. The largest absolute Gasteiger partial charge is 0.468 e. The number of ether oxygens (including phenoxy) is 1. The van der Waals surface area contributed by atoms with Gasteiger partial charge in [0.2, 0.25) is 0 Å². The van der Waals surface area contributed by atoms with Crippen molar-refractivity contribution in [1.29, 1.82) is 0 Å². The second kappa shape index (κ2) is 3.72. The number of methoxy groups -OCH3 is 1. The highest BCUT2D eigenvalue weighted by molar-refractivity contribution is 6.30. The Kier molecular flexibility index (Phi) is 3.62. The molecule has 0 heterocycles. The fourth-order valence-electron chi connectivity index (χ4n) is 0.385. The number of hydrogen-bond donors (Lipinski definition) is 0. The van der Waals surface area contributed by atoms with Gasteiger partial charge in [0, 0.05) is 0 Å². The van der Waals surface area contributed by atoms with Crippen LogP contribution in [0.15, 0.2) is 0 Å². The maximum atomic E-state index is 10.6. The summed E-state index contributed by atoms with van der Waals surface area (Å²) in [6.07, 6.45) is 0. The molecule has 0 unspecified atom stereocenters. The number of rotatable bonds is 2. The molecular weight excluding hydrogens is 140 g/mol. The van der Waals surface area contributed by atoms with Crippen LogP contribution in [0.3, 0.4) is 0 Å². The van der Waals surface area contributed by atoms with E-state index in [9.17, 15) is 4.79 Å². The first kappa shape index (κ1) is 8.76. The Morgan fingerprint density at radius 1 is 1.56 bits per heavy atom. The average Bonchev–Trinajstić information content (AvgIpc) is 1.84. The van der Waals surface area contributed by atoms with Crippen molar-refractivity contribution in [3.05, 3.63) is 0 Å². The Morgan fingerprint density at radius 2 is 2.00 bits per heavy atom. The lowest BCUT2D eigenvalue weighted by Crippen LogP contribution is -2.21. The van der Waals surface area contributed by atoms with Crippen molar-refractivity contribution < 1.29 is 9.53 Å². The van der Waals surface area contributed by atoms with E-state index in [0.29, 0.717) is 0 Å². The van der Waals surface area contributed by atoms with Gasteiger partial charge >= 0.3 is 5.97 Å². The highest BCUT2D eigenvalue weighted by atomic mass is 35.5. The van der Waals surface area contributed by atoms with Gasteiger partial charge < -0.3 is 4.74 Å². The van der Waals surface area contributed by atoms with E-state index >= 15 is 0 Å². The predicted octanol–water partition coefficient (Wildman–Crippen LogP) is 1.42. The van der Waals surface area contributed by atoms with Crippen LogP contribution in [0.4, 0.5) is 0 Å². The molecule has 0 aliphatic heterocycles. The third-order valence-electron chi connectivity index (χ3n) is 1.01. The number of alkyl halides is 1. The average molecular weight is 151 g/mol. The molecule has 0 aromatic rings. The minimum atomic E-state index is -0.505. The van der Waals surface area contributed by atoms with Gasteiger partial charge in [-0.3, -0.25) is 4.79 Å². The molecule has 0 amide bonds. The fraction of sp³-hybridized carbons (Fsp3) is 0.833. The number of carbonyl (C=O) groups is 1. The van der Waals surface area contributed by atoms with Gasteiger partial charge in [-0.05, 0) is 5.92 Å². The molecule has 0 aliphatic carbocycles. The summed E-state index contributed by atoms with van der Waals surface area (Å²) in [6.45, 7) is 3.74. The molecule has 2 nitrogen and oxygen atoms in total. The molecule has 0 saturated carbocycles. The van der Waals surface area contributed by atoms with Crippen LogP contribution in [0.25, 0.3) is 0 Å². The highest BCUT2D eigenvalue weighted by Crippen LogP contribution is 2.09. The molecule has 0 saturated heterocycles. The van der Waals surface area contributed by atoms with Crippen LogP contribution in [0.1, 0.15) is 13.8 Å². The number of hydrogen-bond acceptors (Lipinski definition) is 2. The van der Waals surface area contributed by atoms with Gasteiger partial charge in [0.15, 0.2) is 0 Å². The van der Waals surface area contributed by atoms with E-state index in [-0.39, 0.29) is 11.9 Å². The zero-order valence-electron chi connectivity index (χ0n) is 5.85. The summed E-state index contributed by atoms with van der Waals surface area (Å²) < 4.78 is 4.40. The lowest BCUT2D eigenvalue weighted by Gasteiger charge is -2.08. The number of halogens is 1. The van der Waals surface area contributed by atoms with E-state index in [0.717, 1.165) is 0 Å². The van der Waals surface area contributed by atoms with E-state index in [1.54, 1.807) is 0 Å². The van der Waals surface area contributed by atoms with Crippen molar-refractivity contribution in [3.8, 4) is 0 Å². The van der Waals surface area contributed by atoms with Gasteiger partial charge in [0.25, 0.3) is 0 Å². The Bertz CT molecular complexity index is 101. The quantitative estimate of drug-likeness (QED) is 0.440. The van der Waals surface area contributed by atoms with Gasteiger partial charge in [-0.15, -0.1) is 11.6 Å². The molecule has 0 radical (unpaired) electrons. The molecule has 3 heteroatoms. The lowest BCUT2D eigenvalue weighted by atomic mass is 10.1. The van der Waals surface area contributed by atoms with Gasteiger partial charge in [0.1, 0.15) is 5.38 Å². The SMILES string of the molecule is COC(=O)[C@@H](Cl)C(C)C. The molecule has 0 bridgehead atoms. The van der Waals surface area contributed by atoms with Crippen molar-refractivity contribution in [3.63, 3.8) is 0 Å². The van der Waals surface area contributed by atoms with E-state index in [4.69, 9.17) is 11.6 Å². The number of esters is 1. The maximum absolute atomic E-state index is 10.6. The monoisotopic (exact) mass is 150 g/mol. The van der Waals surface area contributed by atoms with Crippen LogP contribution in [0, 0.1) is 5.92 Å². The van der Waals surface area contributed by atoms with Crippen LogP contribution in [-0.4, -0.2) is 18.5 Å². The van der Waals surface area contributed by atoms with E-state index < -0.39 is 5.38 Å². The van der Waals surface area contributed by atoms with Crippen molar-refractivity contribution in [1.82, 2.24) is 0 Å². The Balaban J connectivity index is 3.72. The topological polar surface area (TPSA) is 26.3 Å². The van der Waals surface area contributed by atoms with Crippen LogP contribution in [0.5, 0.6) is 0 Å². The third-order valence-corrected chi connectivity index (χ3v) is 1.69. The first-order valence-corrected chi connectivity index (χ1v) is 3.25. The third kappa shape index (κ3) is 2.70. The minimum absolute atomic E-state index is 0.138. The minimum Gasteiger partial charge on any atom is -0.468 e. The smallest absolute Gasteiger partial charge is 0.324 e. The molecule has 0 aliphatic rings. The summed E-state index contributed by atoms with van der Waals surface area (Å²) in [7, 11) is 1.33. The van der Waals surface area contributed by atoms with Crippen LogP contribution < -0.4 is 0 Å². The summed E-state index contributed by atoms with van der Waals surface area (Å²) in [4.78, 5) is 10.6. The summed E-state index contributed by atoms with van der Waals surface area (Å²) in [5, 5.41) is -0.505. The van der Waals surface area contributed by atoms with Crippen LogP contribution >= 0.6 is 11.6 Å². The predicted molar refractivity (Wildman–Crippen MR) is 36.5 cm³/mol. The molecule has 9 heavy (non-hydrogen) atoms. The molecule has 0 spiro atoms. The fourth-order valence-corrected chi connectivity index (χ4v) is 0.474. The molecule has 0 N–H and O–H groups in total. The van der Waals surface area contributed by atoms with Crippen molar-refractivity contribution in [2.45, 2.75) is 19.2 Å². The van der Waals surface area contributed by atoms with E-state index in [1.807, 2.05) is 13.8 Å². The Hall–Kier alpha value is -0.240. The van der Waals surface area contributed by atoms with Gasteiger partial charge in [-0.2, -0.15) is 0 Å². The van der Waals surface area contributed by atoms with Crippen LogP contribution in [0.2, 0.25) is 0 Å². The normalized spacial score (nSPS) is 13.4. The van der Waals surface area contributed by atoms with Crippen molar-refractivity contribution in [2.24, 2.45) is 5.92 Å². The second-order valence-corrected chi connectivity index (χ2v) is 2.64. The first-order valence-electron chi connectivity index (χ1n) is 2.81. The Morgan fingerprint density at radius 3 is 2.11 bits per heavy atom. The molecule has 0 aromatic carbocycles. The van der Waals surface area contributed by atoms with Gasteiger partial charge in [0.05, 0.1) is 7.11 Å². The maximum Gasteiger partial charge on any atom is 0.324 e. The van der Waals surface area contributed by atoms with Crippen LogP contribution in [-0.2, 0) is 9.53 Å². The standard InChI is InChI=1S/C6H11ClO2/c1-4(2)5(7)6(8)9-3/h4-5H,1-3H3/t5-/m0/s1. The van der Waals surface area contributed by atoms with Crippen molar-refractivity contribution in [2.75, 3.05) is 7.11 Å². The van der Waals surface area contributed by atoms with Gasteiger partial charge in [-0.1, -0.05) is 13.8 Å². The van der Waals surface area contributed by atoms with E-state index in [1.165, 1.54) is 7.11 Å². The van der Waals surface area contributed by atoms with E-state index in [2.05, 4.69) is 4.74 Å². The van der Waals surface area contributed by atoms with Gasteiger partial charge in [-0.25, -0.2) is 0 Å². The molecule has 0 aromatic heterocycles. The first-order chi connectivity index (χ1) is 4.09.